The fourth-order valence-corrected chi connectivity index (χ4v) is 1.39. The van der Waals surface area contributed by atoms with Gasteiger partial charge in [-0.15, -0.1) is 6.58 Å². The van der Waals surface area contributed by atoms with Crippen LogP contribution in [0.4, 0.5) is 0 Å². The van der Waals surface area contributed by atoms with Gasteiger partial charge in [0.1, 0.15) is 0 Å². The maximum absolute atomic E-state index is 5.89. The van der Waals surface area contributed by atoms with Gasteiger partial charge < -0.3 is 14.0 Å². The van der Waals surface area contributed by atoms with Crippen molar-refractivity contribution in [2.75, 3.05) is 6.61 Å². The Hall–Kier alpha value is -0.315. The van der Waals surface area contributed by atoms with Gasteiger partial charge in [0, 0.05) is 0 Å². The van der Waals surface area contributed by atoms with Crippen molar-refractivity contribution in [3.63, 3.8) is 0 Å². The second kappa shape index (κ2) is 4.41. The van der Waals surface area contributed by atoms with Crippen molar-refractivity contribution >= 4 is 7.12 Å². The van der Waals surface area contributed by atoms with Gasteiger partial charge in [-0.25, -0.2) is 0 Å². The first kappa shape index (κ1) is 14.7. The van der Waals surface area contributed by atoms with Crippen molar-refractivity contribution in [3.05, 3.63) is 12.1 Å². The summed E-state index contributed by atoms with van der Waals surface area (Å²) < 4.78 is 17.5. The van der Waals surface area contributed by atoms with E-state index in [0.717, 1.165) is 5.47 Å². The molecule has 1 aliphatic heterocycles. The summed E-state index contributed by atoms with van der Waals surface area (Å²) in [4.78, 5) is 0. The highest BCUT2D eigenvalue weighted by atomic mass is 16.7. The summed E-state index contributed by atoms with van der Waals surface area (Å²) >= 11 is 0. The van der Waals surface area contributed by atoms with Gasteiger partial charge in [0.2, 0.25) is 0 Å². The van der Waals surface area contributed by atoms with Gasteiger partial charge >= 0.3 is 7.12 Å². The molecule has 0 unspecified atom stereocenters. The SMILES string of the molecule is C=C(COC(C)(C)C)B1OC(C)(C)C(C)(C)O1. The molecule has 0 atom stereocenters. The molecule has 0 amide bonds. The van der Waals surface area contributed by atoms with Crippen LogP contribution in [-0.4, -0.2) is 30.5 Å². The number of hydrogen-bond acceptors (Lipinski definition) is 3. The molecule has 0 bridgehead atoms. The van der Waals surface area contributed by atoms with Gasteiger partial charge in [-0.2, -0.15) is 0 Å². The van der Waals surface area contributed by atoms with Gasteiger partial charge in [0.25, 0.3) is 0 Å². The smallest absolute Gasteiger partial charge is 0.400 e. The van der Waals surface area contributed by atoms with Crippen molar-refractivity contribution < 1.29 is 14.0 Å². The van der Waals surface area contributed by atoms with Gasteiger partial charge in [-0.05, 0) is 53.9 Å². The molecular weight excluding hydrogens is 215 g/mol. The Morgan fingerprint density at radius 3 is 1.88 bits per heavy atom. The Kier molecular flexibility index (Phi) is 3.83. The van der Waals surface area contributed by atoms with Crippen molar-refractivity contribution in [2.24, 2.45) is 0 Å². The first-order valence-corrected chi connectivity index (χ1v) is 6.12. The van der Waals surface area contributed by atoms with E-state index in [1.165, 1.54) is 0 Å². The second-order valence-electron chi connectivity index (χ2n) is 6.65. The van der Waals surface area contributed by atoms with Crippen LogP contribution >= 0.6 is 0 Å². The van der Waals surface area contributed by atoms with Gasteiger partial charge in [0.05, 0.1) is 23.4 Å². The molecule has 0 aromatic rings. The van der Waals surface area contributed by atoms with E-state index in [1.54, 1.807) is 0 Å². The van der Waals surface area contributed by atoms with E-state index in [2.05, 4.69) is 6.58 Å². The van der Waals surface area contributed by atoms with E-state index in [9.17, 15) is 0 Å². The Balaban J connectivity index is 2.57. The molecular formula is C13H25BO3. The average molecular weight is 240 g/mol. The summed E-state index contributed by atoms with van der Waals surface area (Å²) in [6.07, 6.45) is 0. The monoisotopic (exact) mass is 240 g/mol. The minimum absolute atomic E-state index is 0.174. The van der Waals surface area contributed by atoms with E-state index in [4.69, 9.17) is 14.0 Å². The summed E-state index contributed by atoms with van der Waals surface area (Å²) in [5.41, 5.74) is 0.0237. The standard InChI is InChI=1S/C13H25BO3/c1-10(9-15-11(2,3)4)14-16-12(5,6)13(7,8)17-14/h1,9H2,2-8H3. The molecule has 3 nitrogen and oxygen atoms in total. The molecule has 0 aliphatic carbocycles. The first-order valence-electron chi connectivity index (χ1n) is 6.12. The molecule has 0 radical (unpaired) electrons. The molecule has 1 heterocycles. The highest BCUT2D eigenvalue weighted by Gasteiger charge is 2.52. The molecule has 17 heavy (non-hydrogen) atoms. The molecule has 0 saturated carbocycles. The molecule has 1 aliphatic rings. The van der Waals surface area contributed by atoms with Crippen molar-refractivity contribution in [3.8, 4) is 0 Å². The highest BCUT2D eigenvalue weighted by Crippen LogP contribution is 2.38. The Labute approximate surface area is 106 Å². The predicted molar refractivity (Wildman–Crippen MR) is 70.9 cm³/mol. The van der Waals surface area contributed by atoms with Crippen LogP contribution in [0.1, 0.15) is 48.5 Å². The second-order valence-corrected chi connectivity index (χ2v) is 6.65. The van der Waals surface area contributed by atoms with Crippen LogP contribution in [0.15, 0.2) is 12.1 Å². The van der Waals surface area contributed by atoms with Crippen LogP contribution in [0.25, 0.3) is 0 Å². The fourth-order valence-electron chi connectivity index (χ4n) is 1.39. The number of hydrogen-bond donors (Lipinski definition) is 0. The Morgan fingerprint density at radius 1 is 1.12 bits per heavy atom. The topological polar surface area (TPSA) is 27.7 Å². The van der Waals surface area contributed by atoms with Crippen LogP contribution in [-0.2, 0) is 14.0 Å². The first-order chi connectivity index (χ1) is 7.45. The van der Waals surface area contributed by atoms with Crippen molar-refractivity contribution in [1.29, 1.82) is 0 Å². The highest BCUT2D eigenvalue weighted by molar-refractivity contribution is 6.54. The lowest BCUT2D eigenvalue weighted by molar-refractivity contribution is 0.00578. The lowest BCUT2D eigenvalue weighted by Crippen LogP contribution is -2.41. The minimum Gasteiger partial charge on any atom is -0.400 e. The summed E-state index contributed by atoms with van der Waals surface area (Å²) in [6.45, 7) is 18.6. The van der Waals surface area contributed by atoms with Crippen LogP contribution in [0.3, 0.4) is 0 Å². The average Bonchev–Trinajstić information content (AvgIpc) is 2.31. The zero-order valence-corrected chi connectivity index (χ0v) is 12.2. The van der Waals surface area contributed by atoms with Crippen molar-refractivity contribution in [1.82, 2.24) is 0 Å². The summed E-state index contributed by atoms with van der Waals surface area (Å²) in [5, 5.41) is 0. The number of ether oxygens (including phenoxy) is 1. The van der Waals surface area contributed by atoms with Gasteiger partial charge in [0.15, 0.2) is 0 Å². The van der Waals surface area contributed by atoms with Crippen molar-refractivity contribution in [2.45, 2.75) is 65.3 Å². The normalized spacial score (nSPS) is 22.9. The summed E-state index contributed by atoms with van der Waals surface area (Å²) in [7, 11) is -0.373. The van der Waals surface area contributed by atoms with Gasteiger partial charge in [-0.1, -0.05) is 0 Å². The van der Waals surface area contributed by atoms with Crippen LogP contribution in [0.5, 0.6) is 0 Å². The summed E-state index contributed by atoms with van der Waals surface area (Å²) in [6, 6.07) is 0. The molecule has 0 aromatic heterocycles. The molecule has 1 fully saturated rings. The zero-order valence-electron chi connectivity index (χ0n) is 12.2. The molecule has 1 saturated heterocycles. The largest absolute Gasteiger partial charge is 0.492 e. The van der Waals surface area contributed by atoms with Crippen LogP contribution in [0.2, 0.25) is 0 Å². The Bertz CT molecular complexity index is 286. The molecule has 0 N–H and O–H groups in total. The molecule has 0 aromatic carbocycles. The number of rotatable bonds is 3. The fraction of sp³-hybridized carbons (Fsp3) is 0.846. The van der Waals surface area contributed by atoms with E-state index in [-0.39, 0.29) is 23.9 Å². The van der Waals surface area contributed by atoms with E-state index in [0.29, 0.717) is 6.61 Å². The molecule has 98 valence electrons. The third-order valence-corrected chi connectivity index (χ3v) is 3.28. The Morgan fingerprint density at radius 2 is 1.53 bits per heavy atom. The third-order valence-electron chi connectivity index (χ3n) is 3.28. The van der Waals surface area contributed by atoms with E-state index in [1.807, 2.05) is 48.5 Å². The lowest BCUT2D eigenvalue weighted by atomic mass is 9.80. The quantitative estimate of drug-likeness (QED) is 0.710. The molecule has 0 spiro atoms. The molecule has 4 heteroatoms. The minimum atomic E-state index is -0.373. The lowest BCUT2D eigenvalue weighted by Gasteiger charge is -2.32. The van der Waals surface area contributed by atoms with E-state index < -0.39 is 0 Å². The predicted octanol–water partition coefficient (Wildman–Crippen LogP) is 2.99. The van der Waals surface area contributed by atoms with Gasteiger partial charge in [-0.3, -0.25) is 0 Å². The zero-order chi connectivity index (χ0) is 13.5. The maximum atomic E-state index is 5.89. The summed E-state index contributed by atoms with van der Waals surface area (Å²) in [5.74, 6) is 0. The van der Waals surface area contributed by atoms with E-state index >= 15 is 0 Å². The van der Waals surface area contributed by atoms with Crippen LogP contribution in [0, 0.1) is 0 Å². The van der Waals surface area contributed by atoms with Crippen LogP contribution < -0.4 is 0 Å². The third kappa shape index (κ3) is 3.57. The molecule has 1 rings (SSSR count). The maximum Gasteiger partial charge on any atom is 0.492 e.